The number of nitrogens with one attached hydrogen (secondary N) is 1. The second-order valence-corrected chi connectivity index (χ2v) is 9.55. The Labute approximate surface area is 170 Å². The van der Waals surface area contributed by atoms with Gasteiger partial charge < -0.3 is 14.5 Å². The van der Waals surface area contributed by atoms with Crippen molar-refractivity contribution in [2.24, 2.45) is 23.2 Å². The largest absolute Gasteiger partial charge is 0.486 e. The maximum absolute atomic E-state index is 12.6. The molecule has 28 heavy (non-hydrogen) atoms. The van der Waals surface area contributed by atoms with Gasteiger partial charge in [-0.15, -0.1) is 0 Å². The van der Waals surface area contributed by atoms with Gasteiger partial charge >= 0.3 is 0 Å². The van der Waals surface area contributed by atoms with E-state index < -0.39 is 0 Å². The number of halogens is 1. The van der Waals surface area contributed by atoms with Crippen molar-refractivity contribution in [3.8, 4) is 5.75 Å². The van der Waals surface area contributed by atoms with E-state index in [2.05, 4.69) is 5.32 Å². The molecule has 4 nitrogen and oxygen atoms in total. The second-order valence-electron chi connectivity index (χ2n) is 9.11. The highest BCUT2D eigenvalue weighted by Crippen LogP contribution is 2.59. The van der Waals surface area contributed by atoms with Crippen LogP contribution >= 0.6 is 11.6 Å². The zero-order valence-corrected chi connectivity index (χ0v) is 16.7. The SMILES string of the molecule is O=C(NCC12CC3CC(CC(C3)C1)C2)c1ccc(COc2ccc(Cl)cc2)o1. The normalized spacial score (nSPS) is 30.4. The first-order valence-corrected chi connectivity index (χ1v) is 10.7. The Hall–Kier alpha value is -1.94. The quantitative estimate of drug-likeness (QED) is 0.701. The molecule has 4 bridgehead atoms. The van der Waals surface area contributed by atoms with E-state index in [-0.39, 0.29) is 12.5 Å². The average molecular weight is 400 g/mol. The van der Waals surface area contributed by atoms with Gasteiger partial charge in [0.05, 0.1) is 0 Å². The lowest BCUT2D eigenvalue weighted by molar-refractivity contribution is -0.0504. The van der Waals surface area contributed by atoms with Gasteiger partial charge in [-0.25, -0.2) is 0 Å². The lowest BCUT2D eigenvalue weighted by Gasteiger charge is -2.56. The van der Waals surface area contributed by atoms with Crippen molar-refractivity contribution < 1.29 is 13.9 Å². The Morgan fingerprint density at radius 1 is 1.04 bits per heavy atom. The van der Waals surface area contributed by atoms with E-state index in [1.54, 1.807) is 24.3 Å². The molecule has 4 fully saturated rings. The molecule has 0 unspecified atom stereocenters. The summed E-state index contributed by atoms with van der Waals surface area (Å²) in [5.74, 6) is 4.27. The molecule has 1 N–H and O–H groups in total. The van der Waals surface area contributed by atoms with Crippen molar-refractivity contribution in [3.05, 3.63) is 52.9 Å². The van der Waals surface area contributed by atoms with E-state index in [0.29, 0.717) is 27.7 Å². The number of carbonyl (C=O) groups excluding carboxylic acids is 1. The molecule has 4 aliphatic carbocycles. The standard InChI is InChI=1S/C23H26ClNO3/c24-18-1-3-19(4-2-18)27-13-20-5-6-21(28-20)22(26)25-14-23-10-15-7-16(11-23)9-17(8-15)12-23/h1-6,15-17H,7-14H2,(H,25,26). The van der Waals surface area contributed by atoms with Gasteiger partial charge in [0.1, 0.15) is 18.1 Å². The van der Waals surface area contributed by atoms with Crippen LogP contribution in [-0.4, -0.2) is 12.5 Å². The van der Waals surface area contributed by atoms with Gasteiger partial charge in [0.2, 0.25) is 0 Å². The topological polar surface area (TPSA) is 51.5 Å². The van der Waals surface area contributed by atoms with Crippen LogP contribution in [-0.2, 0) is 6.61 Å². The van der Waals surface area contributed by atoms with Gasteiger partial charge in [-0.1, -0.05) is 11.6 Å². The first kappa shape index (κ1) is 18.1. The fourth-order valence-corrected chi connectivity index (χ4v) is 6.25. The fourth-order valence-electron chi connectivity index (χ4n) is 6.12. The Morgan fingerprint density at radius 3 is 2.32 bits per heavy atom. The van der Waals surface area contributed by atoms with Gasteiger partial charge in [-0.2, -0.15) is 0 Å². The molecular formula is C23H26ClNO3. The zero-order valence-electron chi connectivity index (χ0n) is 16.0. The van der Waals surface area contributed by atoms with Crippen molar-refractivity contribution in [1.29, 1.82) is 0 Å². The van der Waals surface area contributed by atoms with Crippen LogP contribution in [0, 0.1) is 23.2 Å². The Bertz CT molecular complexity index is 822. The molecule has 148 valence electrons. The van der Waals surface area contributed by atoms with Gasteiger partial charge in [-0.3, -0.25) is 4.79 Å². The van der Waals surface area contributed by atoms with Gasteiger partial charge in [0.15, 0.2) is 5.76 Å². The summed E-state index contributed by atoms with van der Waals surface area (Å²) in [6.07, 6.45) is 8.12. The minimum Gasteiger partial charge on any atom is -0.486 e. The lowest BCUT2D eigenvalue weighted by atomic mass is 9.49. The molecule has 6 rings (SSSR count). The number of benzene rings is 1. The molecule has 4 aliphatic rings. The summed E-state index contributed by atoms with van der Waals surface area (Å²) in [6.45, 7) is 1.07. The summed E-state index contributed by atoms with van der Waals surface area (Å²) >= 11 is 5.88. The summed E-state index contributed by atoms with van der Waals surface area (Å²) in [4.78, 5) is 12.6. The monoisotopic (exact) mass is 399 g/mol. The third-order valence-electron chi connectivity index (χ3n) is 6.87. The molecule has 0 spiro atoms. The van der Waals surface area contributed by atoms with Crippen LogP contribution in [0.1, 0.15) is 54.8 Å². The Kier molecular flexibility index (Phi) is 4.62. The summed E-state index contributed by atoms with van der Waals surface area (Å²) in [7, 11) is 0. The minimum atomic E-state index is -0.117. The second kappa shape index (κ2) is 7.14. The number of furan rings is 1. The number of ether oxygens (including phenoxy) is 1. The van der Waals surface area contributed by atoms with E-state index in [0.717, 1.165) is 24.3 Å². The molecule has 1 aromatic carbocycles. The summed E-state index contributed by atoms with van der Waals surface area (Å²) in [5.41, 5.74) is 0.331. The van der Waals surface area contributed by atoms with Crippen molar-refractivity contribution in [2.45, 2.75) is 45.1 Å². The van der Waals surface area contributed by atoms with Crippen LogP contribution in [0.4, 0.5) is 0 Å². The maximum Gasteiger partial charge on any atom is 0.287 e. The highest BCUT2D eigenvalue weighted by molar-refractivity contribution is 6.30. The van der Waals surface area contributed by atoms with Crippen molar-refractivity contribution in [1.82, 2.24) is 5.32 Å². The summed E-state index contributed by atoms with van der Waals surface area (Å²) in [5, 5.41) is 3.83. The average Bonchev–Trinajstić information content (AvgIpc) is 3.14. The van der Waals surface area contributed by atoms with Crippen LogP contribution in [0.2, 0.25) is 5.02 Å². The first-order valence-electron chi connectivity index (χ1n) is 10.3. The minimum absolute atomic E-state index is 0.117. The van der Waals surface area contributed by atoms with E-state index in [4.69, 9.17) is 20.8 Å². The van der Waals surface area contributed by atoms with Crippen LogP contribution in [0.3, 0.4) is 0 Å². The van der Waals surface area contributed by atoms with E-state index in [1.165, 1.54) is 38.5 Å². The molecule has 0 aliphatic heterocycles. The van der Waals surface area contributed by atoms with Gasteiger partial charge in [-0.05, 0) is 98.1 Å². The molecular weight excluding hydrogens is 374 g/mol. The number of amides is 1. The smallest absolute Gasteiger partial charge is 0.287 e. The number of carbonyl (C=O) groups is 1. The van der Waals surface area contributed by atoms with Crippen molar-refractivity contribution >= 4 is 17.5 Å². The van der Waals surface area contributed by atoms with Crippen LogP contribution in [0.15, 0.2) is 40.8 Å². The van der Waals surface area contributed by atoms with Crippen LogP contribution < -0.4 is 10.1 Å². The third-order valence-corrected chi connectivity index (χ3v) is 7.12. The number of hydrogen-bond donors (Lipinski definition) is 1. The zero-order chi connectivity index (χ0) is 19.1. The predicted molar refractivity (Wildman–Crippen MR) is 107 cm³/mol. The molecule has 0 saturated heterocycles. The van der Waals surface area contributed by atoms with Crippen LogP contribution in [0.25, 0.3) is 0 Å². The summed E-state index contributed by atoms with van der Waals surface area (Å²) in [6, 6.07) is 10.7. The molecule has 2 aromatic rings. The Morgan fingerprint density at radius 2 is 1.68 bits per heavy atom. The van der Waals surface area contributed by atoms with Crippen LogP contribution in [0.5, 0.6) is 5.75 Å². The van der Waals surface area contributed by atoms with Gasteiger partial charge in [0, 0.05) is 11.6 Å². The number of rotatable bonds is 6. The molecule has 1 aromatic heterocycles. The van der Waals surface area contributed by atoms with E-state index in [9.17, 15) is 4.79 Å². The van der Waals surface area contributed by atoms with Crippen molar-refractivity contribution in [2.75, 3.05) is 6.54 Å². The van der Waals surface area contributed by atoms with E-state index in [1.807, 2.05) is 12.1 Å². The maximum atomic E-state index is 12.6. The molecule has 1 amide bonds. The van der Waals surface area contributed by atoms with Crippen molar-refractivity contribution in [3.63, 3.8) is 0 Å². The molecule has 4 saturated carbocycles. The van der Waals surface area contributed by atoms with Gasteiger partial charge in [0.25, 0.3) is 5.91 Å². The lowest BCUT2D eigenvalue weighted by Crippen LogP contribution is -2.51. The third kappa shape index (κ3) is 3.67. The molecule has 0 atom stereocenters. The highest BCUT2D eigenvalue weighted by Gasteiger charge is 2.50. The Balaban J connectivity index is 1.16. The summed E-state index contributed by atoms with van der Waals surface area (Å²) < 4.78 is 11.4. The number of hydrogen-bond acceptors (Lipinski definition) is 3. The first-order chi connectivity index (χ1) is 13.6. The van der Waals surface area contributed by atoms with E-state index >= 15 is 0 Å². The highest BCUT2D eigenvalue weighted by atomic mass is 35.5. The molecule has 1 heterocycles. The predicted octanol–water partition coefficient (Wildman–Crippen LogP) is 5.46. The molecule has 0 radical (unpaired) electrons. The fraction of sp³-hybridized carbons (Fsp3) is 0.522. The molecule has 5 heteroatoms.